The van der Waals surface area contributed by atoms with E-state index in [1.807, 2.05) is 0 Å². The van der Waals surface area contributed by atoms with Gasteiger partial charge in [-0.05, 0) is 25.8 Å². The summed E-state index contributed by atoms with van der Waals surface area (Å²) in [7, 11) is 2.11. The summed E-state index contributed by atoms with van der Waals surface area (Å²) in [5.41, 5.74) is 0. The first kappa shape index (κ1) is 8.70. The fraction of sp³-hybridized carbons (Fsp3) is 0.889. The van der Waals surface area contributed by atoms with Crippen molar-refractivity contribution >= 4 is 21.7 Å². The fourth-order valence-electron chi connectivity index (χ4n) is 2.48. The van der Waals surface area contributed by atoms with Crippen molar-refractivity contribution in [3.05, 3.63) is 0 Å². The lowest BCUT2D eigenvalue weighted by Crippen LogP contribution is -2.48. The topological polar surface area (TPSA) is 20.3 Å². The van der Waals surface area contributed by atoms with Gasteiger partial charge in [0.05, 0.1) is 4.83 Å². The molecule has 0 amide bonds. The monoisotopic (exact) mass is 231 g/mol. The number of fused-ring (bicyclic) bond motifs is 2. The largest absolute Gasteiger partial charge is 0.305 e. The Kier molecular flexibility index (Phi) is 2.25. The SMILES string of the molecule is CN1CC2CC(Br)C(=O)C(C2)C1. The predicted octanol–water partition coefficient (Wildman–Crippen LogP) is 1.29. The summed E-state index contributed by atoms with van der Waals surface area (Å²) in [4.78, 5) is 14.0. The van der Waals surface area contributed by atoms with E-state index in [4.69, 9.17) is 0 Å². The van der Waals surface area contributed by atoms with Crippen LogP contribution in [0.3, 0.4) is 0 Å². The Morgan fingerprint density at radius 2 is 2.17 bits per heavy atom. The molecule has 0 aromatic heterocycles. The average molecular weight is 232 g/mol. The second-order valence-electron chi connectivity index (χ2n) is 4.13. The minimum atomic E-state index is 0.148. The van der Waals surface area contributed by atoms with Crippen LogP contribution in [0, 0.1) is 11.8 Å². The standard InChI is InChI=1S/C9H14BrNO/c1-11-4-6-2-7(5-11)9(12)8(10)3-6/h6-8H,2-5H2,1H3. The molecular weight excluding hydrogens is 218 g/mol. The number of Topliss-reactive ketones (excluding diaryl/α,β-unsaturated/α-hetero) is 1. The van der Waals surface area contributed by atoms with Crippen molar-refractivity contribution in [3.8, 4) is 0 Å². The van der Waals surface area contributed by atoms with Crippen LogP contribution >= 0.6 is 15.9 Å². The predicted molar refractivity (Wildman–Crippen MR) is 51.4 cm³/mol. The van der Waals surface area contributed by atoms with Gasteiger partial charge in [0.2, 0.25) is 0 Å². The van der Waals surface area contributed by atoms with Crippen molar-refractivity contribution in [1.29, 1.82) is 0 Å². The molecule has 3 atom stereocenters. The van der Waals surface area contributed by atoms with Crippen LogP contribution in [0.25, 0.3) is 0 Å². The number of carbonyl (C=O) groups excluding carboxylic acids is 1. The van der Waals surface area contributed by atoms with Gasteiger partial charge in [0.1, 0.15) is 0 Å². The highest BCUT2D eigenvalue weighted by Crippen LogP contribution is 2.34. The zero-order chi connectivity index (χ0) is 8.72. The highest BCUT2D eigenvalue weighted by molar-refractivity contribution is 9.10. The Morgan fingerprint density at radius 3 is 2.92 bits per heavy atom. The van der Waals surface area contributed by atoms with Crippen molar-refractivity contribution in [2.75, 3.05) is 20.1 Å². The molecule has 0 N–H and O–H groups in total. The molecule has 0 spiro atoms. The quantitative estimate of drug-likeness (QED) is 0.586. The van der Waals surface area contributed by atoms with E-state index in [9.17, 15) is 4.79 Å². The van der Waals surface area contributed by atoms with Gasteiger partial charge in [0, 0.05) is 19.0 Å². The third-order valence-electron chi connectivity index (χ3n) is 2.97. The zero-order valence-corrected chi connectivity index (χ0v) is 8.88. The Morgan fingerprint density at radius 1 is 1.42 bits per heavy atom. The Labute approximate surface area is 81.4 Å². The first-order valence-corrected chi connectivity index (χ1v) is 5.44. The number of nitrogens with zero attached hydrogens (tertiary/aromatic N) is 1. The number of halogens is 1. The first-order chi connectivity index (χ1) is 5.66. The minimum Gasteiger partial charge on any atom is -0.305 e. The van der Waals surface area contributed by atoms with Gasteiger partial charge in [-0.3, -0.25) is 4.79 Å². The molecule has 2 fully saturated rings. The van der Waals surface area contributed by atoms with Crippen LogP contribution < -0.4 is 0 Å². The van der Waals surface area contributed by atoms with Crippen LogP contribution in [0.2, 0.25) is 0 Å². The van der Waals surface area contributed by atoms with Crippen LogP contribution in [0.5, 0.6) is 0 Å². The maximum atomic E-state index is 11.6. The van der Waals surface area contributed by atoms with Gasteiger partial charge in [0.25, 0.3) is 0 Å². The number of likely N-dealkylation sites (tertiary alicyclic amines) is 1. The van der Waals surface area contributed by atoms with Crippen LogP contribution in [0.1, 0.15) is 12.8 Å². The van der Waals surface area contributed by atoms with Gasteiger partial charge >= 0.3 is 0 Å². The third kappa shape index (κ3) is 1.44. The lowest BCUT2D eigenvalue weighted by atomic mass is 9.77. The summed E-state index contributed by atoms with van der Waals surface area (Å²) < 4.78 is 0. The number of rotatable bonds is 0. The first-order valence-electron chi connectivity index (χ1n) is 4.53. The summed E-state index contributed by atoms with van der Waals surface area (Å²) >= 11 is 3.46. The highest BCUT2D eigenvalue weighted by Gasteiger charge is 2.38. The number of carbonyl (C=O) groups is 1. The Hall–Kier alpha value is 0.110. The zero-order valence-electron chi connectivity index (χ0n) is 7.29. The molecule has 0 radical (unpaired) electrons. The van der Waals surface area contributed by atoms with Crippen molar-refractivity contribution in [1.82, 2.24) is 4.90 Å². The average Bonchev–Trinajstić information content (AvgIpc) is 1.99. The number of piperidine rings is 1. The molecule has 3 heteroatoms. The molecule has 12 heavy (non-hydrogen) atoms. The molecule has 1 saturated carbocycles. The minimum absolute atomic E-state index is 0.148. The fourth-order valence-corrected chi connectivity index (χ4v) is 3.39. The maximum absolute atomic E-state index is 11.6. The second-order valence-corrected chi connectivity index (χ2v) is 5.23. The summed E-state index contributed by atoms with van der Waals surface area (Å²) in [5, 5.41) is 0. The third-order valence-corrected chi connectivity index (χ3v) is 3.80. The van der Waals surface area contributed by atoms with Crippen LogP contribution in [0.15, 0.2) is 0 Å². The molecule has 1 aliphatic heterocycles. The van der Waals surface area contributed by atoms with E-state index in [0.29, 0.717) is 11.7 Å². The Balaban J connectivity index is 2.12. The van der Waals surface area contributed by atoms with Gasteiger partial charge in [-0.1, -0.05) is 15.9 Å². The van der Waals surface area contributed by atoms with Crippen LogP contribution in [-0.2, 0) is 4.79 Å². The highest BCUT2D eigenvalue weighted by atomic mass is 79.9. The number of hydrogen-bond donors (Lipinski definition) is 0. The van der Waals surface area contributed by atoms with Gasteiger partial charge in [-0.15, -0.1) is 0 Å². The molecule has 68 valence electrons. The smallest absolute Gasteiger partial charge is 0.150 e. The molecule has 2 aliphatic rings. The van der Waals surface area contributed by atoms with E-state index in [1.54, 1.807) is 0 Å². The molecule has 0 aromatic rings. The molecule has 2 rings (SSSR count). The lowest BCUT2D eigenvalue weighted by molar-refractivity contribution is -0.127. The molecule has 2 bridgehead atoms. The van der Waals surface area contributed by atoms with Gasteiger partial charge in [-0.25, -0.2) is 0 Å². The van der Waals surface area contributed by atoms with E-state index >= 15 is 0 Å². The van der Waals surface area contributed by atoms with Gasteiger partial charge < -0.3 is 4.90 Å². The maximum Gasteiger partial charge on any atom is 0.150 e. The lowest BCUT2D eigenvalue weighted by Gasteiger charge is -2.40. The number of ketones is 1. The van der Waals surface area contributed by atoms with E-state index < -0.39 is 0 Å². The number of hydrogen-bond acceptors (Lipinski definition) is 2. The second kappa shape index (κ2) is 3.11. The van der Waals surface area contributed by atoms with Crippen molar-refractivity contribution in [3.63, 3.8) is 0 Å². The summed E-state index contributed by atoms with van der Waals surface area (Å²) in [6.45, 7) is 2.14. The van der Waals surface area contributed by atoms with E-state index in [2.05, 4.69) is 27.9 Å². The summed E-state index contributed by atoms with van der Waals surface area (Å²) in [6, 6.07) is 0. The molecule has 3 unspecified atom stereocenters. The van der Waals surface area contributed by atoms with Crippen molar-refractivity contribution < 1.29 is 4.79 Å². The molecule has 1 saturated heterocycles. The normalized spacial score (nSPS) is 43.2. The molecule has 0 aromatic carbocycles. The number of alkyl halides is 1. The van der Waals surface area contributed by atoms with Crippen LogP contribution in [-0.4, -0.2) is 35.6 Å². The van der Waals surface area contributed by atoms with Crippen molar-refractivity contribution in [2.24, 2.45) is 11.8 Å². The molecule has 1 aliphatic carbocycles. The van der Waals surface area contributed by atoms with Gasteiger partial charge in [0.15, 0.2) is 5.78 Å². The van der Waals surface area contributed by atoms with E-state index in [0.717, 1.165) is 25.3 Å². The molecule has 1 heterocycles. The van der Waals surface area contributed by atoms with Crippen molar-refractivity contribution in [2.45, 2.75) is 17.7 Å². The van der Waals surface area contributed by atoms with Gasteiger partial charge in [-0.2, -0.15) is 0 Å². The van der Waals surface area contributed by atoms with E-state index in [1.165, 1.54) is 6.54 Å². The summed E-state index contributed by atoms with van der Waals surface area (Å²) in [6.07, 6.45) is 2.17. The van der Waals surface area contributed by atoms with E-state index in [-0.39, 0.29) is 4.83 Å². The summed E-state index contributed by atoms with van der Waals surface area (Å²) in [5.74, 6) is 1.49. The Bertz CT molecular complexity index is 203. The molecule has 2 nitrogen and oxygen atoms in total. The van der Waals surface area contributed by atoms with Crippen LogP contribution in [0.4, 0.5) is 0 Å². The molecular formula is C9H14BrNO.